The second-order valence-corrected chi connectivity index (χ2v) is 4.64. The van der Waals surface area contributed by atoms with Gasteiger partial charge in [0, 0.05) is 6.07 Å². The Hall–Kier alpha value is -1.39. The van der Waals surface area contributed by atoms with Gasteiger partial charge >= 0.3 is 0 Å². The number of sulfonamides is 1. The average molecular weight is 288 g/mol. The van der Waals surface area contributed by atoms with Crippen molar-refractivity contribution >= 4 is 27.3 Å². The first kappa shape index (κ1) is 13.7. The van der Waals surface area contributed by atoms with Gasteiger partial charge in [-0.1, -0.05) is 11.6 Å². The third-order valence-corrected chi connectivity index (χ3v) is 2.94. The molecule has 1 aromatic rings. The van der Waals surface area contributed by atoms with Crippen LogP contribution < -0.4 is 5.14 Å². The number of hydrogen-bond acceptors (Lipinski definition) is 5. The topological polar surface area (TPSA) is 116 Å². The zero-order valence-corrected chi connectivity index (χ0v) is 9.37. The van der Waals surface area contributed by atoms with Crippen molar-refractivity contribution in [3.05, 3.63) is 26.9 Å². The second kappa shape index (κ2) is 4.47. The third-order valence-electron chi connectivity index (χ3n) is 1.62. The summed E-state index contributed by atoms with van der Waals surface area (Å²) in [5.74, 6) is 0. The van der Waals surface area contributed by atoms with Crippen molar-refractivity contribution in [3.8, 4) is 0 Å². The van der Waals surface area contributed by atoms with Gasteiger partial charge in [-0.05, 0) is 0 Å². The van der Waals surface area contributed by atoms with Crippen LogP contribution >= 0.6 is 11.6 Å². The Labute approximate surface area is 98.4 Å². The van der Waals surface area contributed by atoms with Gasteiger partial charge < -0.3 is 0 Å². The van der Waals surface area contributed by atoms with Gasteiger partial charge in [-0.15, -0.1) is 0 Å². The molecule has 0 saturated heterocycles. The maximum atomic E-state index is 12.3. The van der Waals surface area contributed by atoms with E-state index in [1.165, 1.54) is 0 Å². The molecule has 0 aliphatic rings. The molecule has 0 aromatic carbocycles. The lowest BCUT2D eigenvalue weighted by atomic mass is 10.3. The fourth-order valence-electron chi connectivity index (χ4n) is 0.945. The Morgan fingerprint density at radius 1 is 1.53 bits per heavy atom. The van der Waals surface area contributed by atoms with E-state index in [0.29, 0.717) is 6.07 Å². The van der Waals surface area contributed by atoms with Gasteiger partial charge in [0.05, 0.1) is 4.92 Å². The molecule has 1 rings (SSSR count). The predicted molar refractivity (Wildman–Crippen MR) is 52.2 cm³/mol. The number of rotatable bonds is 3. The number of halogens is 3. The van der Waals surface area contributed by atoms with E-state index in [9.17, 15) is 27.3 Å². The van der Waals surface area contributed by atoms with E-state index in [2.05, 4.69) is 10.1 Å². The number of hydrogen-bond donors (Lipinski definition) is 1. The number of alkyl halides is 2. The molecule has 1 aromatic heterocycles. The Bertz CT molecular complexity index is 577. The van der Waals surface area contributed by atoms with Gasteiger partial charge in [-0.3, -0.25) is 10.1 Å². The quantitative estimate of drug-likeness (QED) is 0.663. The van der Waals surface area contributed by atoms with E-state index in [0.717, 1.165) is 0 Å². The fourth-order valence-corrected chi connectivity index (χ4v) is 2.02. The van der Waals surface area contributed by atoms with Crippen molar-refractivity contribution in [1.29, 1.82) is 0 Å². The van der Waals surface area contributed by atoms with Gasteiger partial charge in [0.1, 0.15) is 5.69 Å². The Balaban J connectivity index is 3.67. The number of aromatic nitrogens is 1. The number of pyridine rings is 1. The summed E-state index contributed by atoms with van der Waals surface area (Å²) in [6.45, 7) is 0. The van der Waals surface area contributed by atoms with Crippen LogP contribution in [0.1, 0.15) is 12.1 Å². The van der Waals surface area contributed by atoms with Crippen LogP contribution in [0.25, 0.3) is 0 Å². The van der Waals surface area contributed by atoms with E-state index < -0.39 is 42.8 Å². The van der Waals surface area contributed by atoms with Crippen molar-refractivity contribution in [2.24, 2.45) is 5.14 Å². The van der Waals surface area contributed by atoms with E-state index in [1.807, 2.05) is 0 Å². The Kier molecular flexibility index (Phi) is 3.59. The fraction of sp³-hybridized carbons (Fsp3) is 0.167. The largest absolute Gasteiger partial charge is 0.292 e. The summed E-state index contributed by atoms with van der Waals surface area (Å²) in [5, 5.41) is 13.1. The van der Waals surface area contributed by atoms with Gasteiger partial charge in [0.25, 0.3) is 22.1 Å². The number of nitrogens with zero attached hydrogens (tertiary/aromatic N) is 2. The molecule has 0 saturated carbocycles. The molecule has 0 aliphatic heterocycles. The molecule has 11 heteroatoms. The number of primary sulfonamides is 1. The molecule has 7 nitrogen and oxygen atoms in total. The smallest absolute Gasteiger partial charge is 0.258 e. The lowest BCUT2D eigenvalue weighted by Crippen LogP contribution is -2.16. The first-order valence-electron chi connectivity index (χ1n) is 3.80. The highest BCUT2D eigenvalue weighted by Gasteiger charge is 2.28. The molecule has 94 valence electrons. The van der Waals surface area contributed by atoms with Crippen molar-refractivity contribution in [2.75, 3.05) is 0 Å². The van der Waals surface area contributed by atoms with Gasteiger partial charge in [0.2, 0.25) is 0 Å². The van der Waals surface area contributed by atoms with Crippen molar-refractivity contribution < 1.29 is 22.1 Å². The third kappa shape index (κ3) is 2.84. The van der Waals surface area contributed by atoms with E-state index in [1.54, 1.807) is 0 Å². The molecule has 17 heavy (non-hydrogen) atoms. The van der Waals surface area contributed by atoms with Crippen LogP contribution in [-0.4, -0.2) is 18.3 Å². The van der Waals surface area contributed by atoms with Gasteiger partial charge in [-0.2, -0.15) is 0 Å². The molecular formula is C6H4ClF2N3O4S. The molecule has 0 fully saturated rings. The summed E-state index contributed by atoms with van der Waals surface area (Å²) in [6.07, 6.45) is -3.19. The van der Waals surface area contributed by atoms with Crippen LogP contribution in [0.5, 0.6) is 0 Å². The minimum absolute atomic E-state index is 0.391. The average Bonchev–Trinajstić information content (AvgIpc) is 2.15. The molecule has 0 aliphatic carbocycles. The molecule has 0 amide bonds. The first-order chi connectivity index (χ1) is 7.64. The summed E-state index contributed by atoms with van der Waals surface area (Å²) in [6, 6.07) is 0.391. The highest BCUT2D eigenvalue weighted by Crippen LogP contribution is 2.32. The zero-order chi connectivity index (χ0) is 13.4. The Morgan fingerprint density at radius 3 is 2.41 bits per heavy atom. The normalized spacial score (nSPS) is 11.8. The second-order valence-electron chi connectivity index (χ2n) is 2.79. The van der Waals surface area contributed by atoms with Crippen molar-refractivity contribution in [3.63, 3.8) is 0 Å². The van der Waals surface area contributed by atoms with E-state index >= 15 is 0 Å². The SMILES string of the molecule is NS(=O)(=O)c1nc(C(F)F)cc([N+](=O)[O-])c1Cl. The molecule has 0 unspecified atom stereocenters. The maximum Gasteiger partial charge on any atom is 0.292 e. The highest BCUT2D eigenvalue weighted by molar-refractivity contribution is 7.89. The minimum Gasteiger partial charge on any atom is -0.258 e. The molecule has 0 radical (unpaired) electrons. The summed E-state index contributed by atoms with van der Waals surface area (Å²) in [5.41, 5.74) is -2.09. The van der Waals surface area contributed by atoms with Crippen LogP contribution in [0, 0.1) is 10.1 Å². The summed E-state index contributed by atoms with van der Waals surface area (Å²) >= 11 is 5.36. The maximum absolute atomic E-state index is 12.3. The molecular weight excluding hydrogens is 284 g/mol. The standard InChI is InChI=1S/C6H4ClF2N3O4S/c7-4-3(12(13)14)1-2(5(8)9)11-6(4)17(10,15)16/h1,5H,(H2,10,15,16). The van der Waals surface area contributed by atoms with E-state index in [-0.39, 0.29) is 0 Å². The Morgan fingerprint density at radius 2 is 2.06 bits per heavy atom. The lowest BCUT2D eigenvalue weighted by molar-refractivity contribution is -0.385. The summed E-state index contributed by atoms with van der Waals surface area (Å²) in [4.78, 5) is 12.4. The van der Waals surface area contributed by atoms with Crippen LogP contribution in [0.4, 0.5) is 14.5 Å². The minimum atomic E-state index is -4.53. The van der Waals surface area contributed by atoms with Crippen LogP contribution in [-0.2, 0) is 10.0 Å². The molecule has 1 heterocycles. The monoisotopic (exact) mass is 287 g/mol. The van der Waals surface area contributed by atoms with E-state index in [4.69, 9.17) is 11.6 Å². The molecule has 0 bridgehead atoms. The van der Waals surface area contributed by atoms with Crippen LogP contribution in [0.15, 0.2) is 11.1 Å². The van der Waals surface area contributed by atoms with Crippen LogP contribution in [0.3, 0.4) is 0 Å². The number of nitro groups is 1. The van der Waals surface area contributed by atoms with Crippen molar-refractivity contribution in [1.82, 2.24) is 4.98 Å². The zero-order valence-electron chi connectivity index (χ0n) is 7.80. The predicted octanol–water partition coefficient (Wildman–Crippen LogP) is 1.23. The number of nitrogens with two attached hydrogens (primary N) is 1. The van der Waals surface area contributed by atoms with Crippen molar-refractivity contribution in [2.45, 2.75) is 11.5 Å². The lowest BCUT2D eigenvalue weighted by Gasteiger charge is -2.05. The molecule has 0 spiro atoms. The molecule has 2 N–H and O–H groups in total. The highest BCUT2D eigenvalue weighted by atomic mass is 35.5. The summed E-state index contributed by atoms with van der Waals surface area (Å²) in [7, 11) is -4.53. The first-order valence-corrected chi connectivity index (χ1v) is 5.72. The molecule has 0 atom stereocenters. The summed E-state index contributed by atoms with van der Waals surface area (Å²) < 4.78 is 46.6. The van der Waals surface area contributed by atoms with Crippen LogP contribution in [0.2, 0.25) is 5.02 Å². The van der Waals surface area contributed by atoms with Gasteiger partial charge in [0.15, 0.2) is 10.0 Å². The van der Waals surface area contributed by atoms with Gasteiger partial charge in [-0.25, -0.2) is 27.3 Å².